The molecular weight excluding hydrogens is 226 g/mol. The minimum absolute atomic E-state index is 0.0197. The van der Waals surface area contributed by atoms with Gasteiger partial charge in [0.25, 0.3) is 0 Å². The number of nitrogens with two attached hydrogens (primary N) is 1. The Labute approximate surface area is 109 Å². The molecule has 100 valence electrons. The normalized spacial score (nSPS) is 17.9. The number of rotatable bonds is 5. The molecule has 0 amide bonds. The summed E-state index contributed by atoms with van der Waals surface area (Å²) in [6.07, 6.45) is 6.76. The van der Waals surface area contributed by atoms with E-state index in [1.165, 1.54) is 25.7 Å². The van der Waals surface area contributed by atoms with Crippen LogP contribution in [0.1, 0.15) is 44.2 Å². The predicted molar refractivity (Wildman–Crippen MR) is 73.5 cm³/mol. The van der Waals surface area contributed by atoms with E-state index in [0.29, 0.717) is 12.6 Å². The van der Waals surface area contributed by atoms with Crippen molar-refractivity contribution < 1.29 is 5.11 Å². The Morgan fingerprint density at radius 2 is 2.22 bits per heavy atom. The fourth-order valence-electron chi connectivity index (χ4n) is 2.68. The Hall–Kier alpha value is -1.13. The SMILES string of the molecule is C[C@H](N)c1ccnc(N(CCO)C2CCCC2)c1. The summed E-state index contributed by atoms with van der Waals surface area (Å²) in [4.78, 5) is 6.68. The highest BCUT2D eigenvalue weighted by molar-refractivity contribution is 5.43. The Morgan fingerprint density at radius 3 is 2.83 bits per heavy atom. The number of anilines is 1. The Bertz CT molecular complexity index is 375. The van der Waals surface area contributed by atoms with Crippen molar-refractivity contribution in [3.05, 3.63) is 23.9 Å². The summed E-state index contributed by atoms with van der Waals surface area (Å²) in [5.41, 5.74) is 7.01. The van der Waals surface area contributed by atoms with E-state index in [1.807, 2.05) is 19.2 Å². The maximum atomic E-state index is 9.24. The van der Waals surface area contributed by atoms with Crippen molar-refractivity contribution in [3.8, 4) is 0 Å². The van der Waals surface area contributed by atoms with Crippen LogP contribution in [0.4, 0.5) is 5.82 Å². The molecule has 3 N–H and O–H groups in total. The molecule has 1 heterocycles. The molecule has 2 rings (SSSR count). The van der Waals surface area contributed by atoms with Crippen molar-refractivity contribution in [2.24, 2.45) is 5.73 Å². The zero-order valence-corrected chi connectivity index (χ0v) is 11.0. The molecule has 0 spiro atoms. The van der Waals surface area contributed by atoms with Crippen molar-refractivity contribution >= 4 is 5.82 Å². The van der Waals surface area contributed by atoms with Crippen molar-refractivity contribution in [1.29, 1.82) is 0 Å². The van der Waals surface area contributed by atoms with E-state index >= 15 is 0 Å². The van der Waals surface area contributed by atoms with Crippen LogP contribution in [0.25, 0.3) is 0 Å². The van der Waals surface area contributed by atoms with Crippen LogP contribution in [0.5, 0.6) is 0 Å². The zero-order valence-electron chi connectivity index (χ0n) is 11.0. The second kappa shape index (κ2) is 6.16. The maximum Gasteiger partial charge on any atom is 0.129 e. The molecule has 0 bridgehead atoms. The van der Waals surface area contributed by atoms with Gasteiger partial charge in [0.2, 0.25) is 0 Å². The summed E-state index contributed by atoms with van der Waals surface area (Å²) in [7, 11) is 0. The average molecular weight is 249 g/mol. The molecule has 4 nitrogen and oxygen atoms in total. The summed E-state index contributed by atoms with van der Waals surface area (Å²) in [6.45, 7) is 2.80. The molecule has 0 saturated heterocycles. The molecular formula is C14H23N3O. The number of nitrogens with zero attached hydrogens (tertiary/aromatic N) is 2. The predicted octanol–water partition coefficient (Wildman–Crippen LogP) is 1.84. The maximum absolute atomic E-state index is 9.24. The van der Waals surface area contributed by atoms with Gasteiger partial charge in [0, 0.05) is 24.8 Å². The second-order valence-electron chi connectivity index (χ2n) is 5.09. The topological polar surface area (TPSA) is 62.4 Å². The standard InChI is InChI=1S/C14H23N3O/c1-11(15)12-6-7-16-14(10-12)17(8-9-18)13-4-2-3-5-13/h6-7,10-11,13,18H,2-5,8-9,15H2,1H3/t11-/m0/s1. The minimum atomic E-state index is 0.0197. The minimum Gasteiger partial charge on any atom is -0.395 e. The quantitative estimate of drug-likeness (QED) is 0.836. The highest BCUT2D eigenvalue weighted by Crippen LogP contribution is 2.27. The first kappa shape index (κ1) is 13.3. The van der Waals surface area contributed by atoms with Gasteiger partial charge < -0.3 is 15.7 Å². The van der Waals surface area contributed by atoms with Crippen molar-refractivity contribution in [2.45, 2.75) is 44.7 Å². The van der Waals surface area contributed by atoms with Gasteiger partial charge in [-0.25, -0.2) is 4.98 Å². The van der Waals surface area contributed by atoms with Crippen LogP contribution in [0.15, 0.2) is 18.3 Å². The molecule has 0 aromatic carbocycles. The van der Waals surface area contributed by atoms with Gasteiger partial charge in [-0.3, -0.25) is 0 Å². The van der Waals surface area contributed by atoms with E-state index in [-0.39, 0.29) is 12.6 Å². The number of aliphatic hydroxyl groups excluding tert-OH is 1. The highest BCUT2D eigenvalue weighted by Gasteiger charge is 2.23. The molecule has 1 aliphatic carbocycles. The summed E-state index contributed by atoms with van der Waals surface area (Å²) in [6, 6.07) is 4.55. The lowest BCUT2D eigenvalue weighted by Crippen LogP contribution is -2.36. The van der Waals surface area contributed by atoms with Crippen molar-refractivity contribution in [3.63, 3.8) is 0 Å². The van der Waals surface area contributed by atoms with E-state index in [0.717, 1.165) is 11.4 Å². The zero-order chi connectivity index (χ0) is 13.0. The van der Waals surface area contributed by atoms with Crippen molar-refractivity contribution in [2.75, 3.05) is 18.1 Å². The van der Waals surface area contributed by atoms with E-state index in [9.17, 15) is 5.11 Å². The third kappa shape index (κ3) is 3.00. The van der Waals surface area contributed by atoms with E-state index < -0.39 is 0 Å². The molecule has 1 atom stereocenters. The Kier molecular flexibility index (Phi) is 4.55. The highest BCUT2D eigenvalue weighted by atomic mass is 16.3. The van der Waals surface area contributed by atoms with Crippen LogP contribution in [0, 0.1) is 0 Å². The van der Waals surface area contributed by atoms with Crippen molar-refractivity contribution in [1.82, 2.24) is 4.98 Å². The molecule has 1 aliphatic rings. The Balaban J connectivity index is 2.21. The molecule has 0 aliphatic heterocycles. The lowest BCUT2D eigenvalue weighted by molar-refractivity contribution is 0.297. The van der Waals surface area contributed by atoms with Gasteiger partial charge in [-0.1, -0.05) is 12.8 Å². The summed E-state index contributed by atoms with van der Waals surface area (Å²) in [5.74, 6) is 0.950. The smallest absolute Gasteiger partial charge is 0.129 e. The first-order valence-corrected chi connectivity index (χ1v) is 6.81. The number of aromatic nitrogens is 1. The second-order valence-corrected chi connectivity index (χ2v) is 5.09. The Morgan fingerprint density at radius 1 is 1.50 bits per heavy atom. The molecule has 1 fully saturated rings. The van der Waals surface area contributed by atoms with Crippen LogP contribution in [0.3, 0.4) is 0 Å². The van der Waals surface area contributed by atoms with E-state index in [1.54, 1.807) is 0 Å². The summed E-state index contributed by atoms with van der Waals surface area (Å²) < 4.78 is 0. The molecule has 1 aromatic rings. The lowest BCUT2D eigenvalue weighted by Gasteiger charge is -2.29. The molecule has 1 aromatic heterocycles. The van der Waals surface area contributed by atoms with Crippen LogP contribution < -0.4 is 10.6 Å². The third-order valence-corrected chi connectivity index (χ3v) is 3.70. The van der Waals surface area contributed by atoms with Gasteiger partial charge in [-0.2, -0.15) is 0 Å². The molecule has 0 unspecified atom stereocenters. The number of hydrogen-bond acceptors (Lipinski definition) is 4. The fraction of sp³-hybridized carbons (Fsp3) is 0.643. The van der Waals surface area contributed by atoms with Gasteiger partial charge in [0.05, 0.1) is 6.61 Å². The molecule has 1 saturated carbocycles. The van der Waals surface area contributed by atoms with Crippen LogP contribution in [0.2, 0.25) is 0 Å². The first-order valence-electron chi connectivity index (χ1n) is 6.81. The lowest BCUT2D eigenvalue weighted by atomic mass is 10.1. The largest absolute Gasteiger partial charge is 0.395 e. The molecule has 0 radical (unpaired) electrons. The number of pyridine rings is 1. The van der Waals surface area contributed by atoms with Crippen LogP contribution >= 0.6 is 0 Å². The van der Waals surface area contributed by atoms with Crippen LogP contribution in [-0.2, 0) is 0 Å². The monoisotopic (exact) mass is 249 g/mol. The van der Waals surface area contributed by atoms with E-state index in [4.69, 9.17) is 5.73 Å². The summed E-state index contributed by atoms with van der Waals surface area (Å²) in [5, 5.41) is 9.24. The van der Waals surface area contributed by atoms with E-state index in [2.05, 4.69) is 16.0 Å². The molecule has 18 heavy (non-hydrogen) atoms. The number of hydrogen-bond donors (Lipinski definition) is 2. The molecule has 4 heteroatoms. The first-order chi connectivity index (χ1) is 8.72. The summed E-state index contributed by atoms with van der Waals surface area (Å²) >= 11 is 0. The van der Waals surface area contributed by atoms with Gasteiger partial charge in [0.15, 0.2) is 0 Å². The van der Waals surface area contributed by atoms with Gasteiger partial charge in [0.1, 0.15) is 5.82 Å². The third-order valence-electron chi connectivity index (χ3n) is 3.70. The van der Waals surface area contributed by atoms with Gasteiger partial charge in [-0.05, 0) is 37.5 Å². The fourth-order valence-corrected chi connectivity index (χ4v) is 2.68. The van der Waals surface area contributed by atoms with Crippen LogP contribution in [-0.4, -0.2) is 29.3 Å². The van der Waals surface area contributed by atoms with Gasteiger partial charge >= 0.3 is 0 Å². The number of aliphatic hydroxyl groups is 1. The average Bonchev–Trinajstić information content (AvgIpc) is 2.89. The van der Waals surface area contributed by atoms with Gasteiger partial charge in [-0.15, -0.1) is 0 Å².